The first-order valence-corrected chi connectivity index (χ1v) is 6.06. The quantitative estimate of drug-likeness (QED) is 0.858. The molecule has 88 valence electrons. The molecule has 1 aromatic heterocycles. The molecular weight excluding hydrogens is 212 g/mol. The van der Waals surface area contributed by atoms with Gasteiger partial charge in [0, 0.05) is 23.9 Å². The van der Waals surface area contributed by atoms with Crippen LogP contribution in [-0.4, -0.2) is 23.7 Å². The zero-order valence-electron chi connectivity index (χ0n) is 9.89. The summed E-state index contributed by atoms with van der Waals surface area (Å²) in [5, 5.41) is 4.74. The Labute approximate surface area is 101 Å². The molecule has 0 bridgehead atoms. The average molecular weight is 228 g/mol. The number of rotatable bonds is 2. The Bertz CT molecular complexity index is 521. The lowest BCUT2D eigenvalue weighted by molar-refractivity contribution is 0.121. The maximum Gasteiger partial charge on any atom is 0.0748 e. The van der Waals surface area contributed by atoms with Crippen LogP contribution < -0.4 is 5.32 Å². The molecule has 0 aliphatic carbocycles. The Morgan fingerprint density at radius 1 is 1.29 bits per heavy atom. The van der Waals surface area contributed by atoms with Crippen molar-refractivity contribution in [3.05, 3.63) is 36.5 Å². The Morgan fingerprint density at radius 3 is 3.00 bits per heavy atom. The van der Waals surface area contributed by atoms with Crippen molar-refractivity contribution in [3.8, 4) is 0 Å². The van der Waals surface area contributed by atoms with E-state index >= 15 is 0 Å². The molecule has 2 heterocycles. The number of aromatic nitrogens is 1. The van der Waals surface area contributed by atoms with Crippen molar-refractivity contribution < 1.29 is 4.74 Å². The van der Waals surface area contributed by atoms with Gasteiger partial charge in [-0.2, -0.15) is 0 Å². The Balaban J connectivity index is 1.94. The molecule has 1 fully saturated rings. The molecule has 0 spiro atoms. The Morgan fingerprint density at radius 2 is 2.18 bits per heavy atom. The van der Waals surface area contributed by atoms with E-state index in [1.54, 1.807) is 0 Å². The predicted molar refractivity (Wildman–Crippen MR) is 69.2 cm³/mol. The number of nitrogens with one attached hydrogen (secondary N) is 1. The Kier molecular flexibility index (Phi) is 2.69. The number of para-hydroxylation sites is 1. The minimum Gasteiger partial charge on any atom is -0.379 e. The van der Waals surface area contributed by atoms with Gasteiger partial charge >= 0.3 is 0 Å². The van der Waals surface area contributed by atoms with Crippen LogP contribution in [0.3, 0.4) is 0 Å². The monoisotopic (exact) mass is 228 g/mol. The SMILES string of the molecule is CC1OCCC1Nc1ccnc2ccccc12. The molecule has 1 aliphatic heterocycles. The normalized spacial score (nSPS) is 24.1. The third kappa shape index (κ3) is 1.98. The van der Waals surface area contributed by atoms with Gasteiger partial charge < -0.3 is 10.1 Å². The fraction of sp³-hybridized carbons (Fsp3) is 0.357. The van der Waals surface area contributed by atoms with Crippen LogP contribution in [0.1, 0.15) is 13.3 Å². The molecule has 3 nitrogen and oxygen atoms in total. The number of ether oxygens (including phenoxy) is 1. The van der Waals surface area contributed by atoms with E-state index in [-0.39, 0.29) is 6.10 Å². The molecule has 3 heteroatoms. The van der Waals surface area contributed by atoms with Crippen molar-refractivity contribution in [1.82, 2.24) is 4.98 Å². The molecular formula is C14H16N2O. The Hall–Kier alpha value is -1.61. The lowest BCUT2D eigenvalue weighted by Gasteiger charge is -2.18. The van der Waals surface area contributed by atoms with Crippen LogP contribution in [0, 0.1) is 0 Å². The van der Waals surface area contributed by atoms with Crippen molar-refractivity contribution in [2.45, 2.75) is 25.5 Å². The minimum atomic E-state index is 0.280. The highest BCUT2D eigenvalue weighted by Crippen LogP contribution is 2.24. The van der Waals surface area contributed by atoms with Crippen LogP contribution in [0.5, 0.6) is 0 Å². The van der Waals surface area contributed by atoms with E-state index in [2.05, 4.69) is 23.3 Å². The average Bonchev–Trinajstić information content (AvgIpc) is 2.76. The van der Waals surface area contributed by atoms with Crippen LogP contribution in [0.2, 0.25) is 0 Å². The van der Waals surface area contributed by atoms with E-state index in [1.807, 2.05) is 30.5 Å². The summed E-state index contributed by atoms with van der Waals surface area (Å²) >= 11 is 0. The van der Waals surface area contributed by atoms with Gasteiger partial charge in [-0.05, 0) is 25.5 Å². The molecule has 0 amide bonds. The van der Waals surface area contributed by atoms with Crippen LogP contribution in [0.4, 0.5) is 5.69 Å². The second-order valence-electron chi connectivity index (χ2n) is 4.49. The standard InChI is InChI=1S/C14H16N2O/c1-10-12(7-9-17-10)16-14-6-8-15-13-5-3-2-4-11(13)14/h2-6,8,10,12H,7,9H2,1H3,(H,15,16). The summed E-state index contributed by atoms with van der Waals surface area (Å²) in [6.07, 6.45) is 3.20. The summed E-state index contributed by atoms with van der Waals surface area (Å²) in [7, 11) is 0. The second-order valence-corrected chi connectivity index (χ2v) is 4.49. The third-order valence-corrected chi connectivity index (χ3v) is 3.37. The maximum atomic E-state index is 5.57. The molecule has 17 heavy (non-hydrogen) atoms. The van der Waals surface area contributed by atoms with Gasteiger partial charge in [0.2, 0.25) is 0 Å². The number of fused-ring (bicyclic) bond motifs is 1. The van der Waals surface area contributed by atoms with E-state index in [1.165, 1.54) is 5.39 Å². The number of hydrogen-bond donors (Lipinski definition) is 1. The van der Waals surface area contributed by atoms with Gasteiger partial charge in [-0.25, -0.2) is 0 Å². The van der Waals surface area contributed by atoms with Crippen LogP contribution in [0.15, 0.2) is 36.5 Å². The smallest absolute Gasteiger partial charge is 0.0748 e. The highest BCUT2D eigenvalue weighted by molar-refractivity contribution is 5.90. The van der Waals surface area contributed by atoms with Crippen molar-refractivity contribution >= 4 is 16.6 Å². The predicted octanol–water partition coefficient (Wildman–Crippen LogP) is 2.82. The summed E-state index contributed by atoms with van der Waals surface area (Å²) in [6, 6.07) is 10.6. The van der Waals surface area contributed by atoms with Crippen LogP contribution >= 0.6 is 0 Å². The summed E-state index contributed by atoms with van der Waals surface area (Å²) in [5.41, 5.74) is 2.18. The molecule has 3 rings (SSSR count). The van der Waals surface area contributed by atoms with Crippen LogP contribution in [-0.2, 0) is 4.74 Å². The number of hydrogen-bond acceptors (Lipinski definition) is 3. The summed E-state index contributed by atoms with van der Waals surface area (Å²) in [5.74, 6) is 0. The summed E-state index contributed by atoms with van der Waals surface area (Å²) in [6.45, 7) is 2.97. The highest BCUT2D eigenvalue weighted by Gasteiger charge is 2.24. The minimum absolute atomic E-state index is 0.280. The highest BCUT2D eigenvalue weighted by atomic mass is 16.5. The van der Waals surface area contributed by atoms with E-state index in [0.717, 1.165) is 24.2 Å². The molecule has 1 saturated heterocycles. The fourth-order valence-corrected chi connectivity index (χ4v) is 2.34. The van der Waals surface area contributed by atoms with Gasteiger partial charge in [0.1, 0.15) is 0 Å². The first-order chi connectivity index (χ1) is 8.34. The fourth-order valence-electron chi connectivity index (χ4n) is 2.34. The lowest BCUT2D eigenvalue weighted by atomic mass is 10.1. The molecule has 0 radical (unpaired) electrons. The van der Waals surface area contributed by atoms with Gasteiger partial charge in [-0.3, -0.25) is 4.98 Å². The molecule has 1 aliphatic rings. The lowest BCUT2D eigenvalue weighted by Crippen LogP contribution is -2.26. The third-order valence-electron chi connectivity index (χ3n) is 3.37. The van der Waals surface area contributed by atoms with Crippen molar-refractivity contribution in [2.24, 2.45) is 0 Å². The molecule has 1 N–H and O–H groups in total. The number of nitrogens with zero attached hydrogens (tertiary/aromatic N) is 1. The maximum absolute atomic E-state index is 5.57. The van der Waals surface area contributed by atoms with Gasteiger partial charge in [0.05, 0.1) is 17.7 Å². The first kappa shape index (κ1) is 10.5. The zero-order valence-corrected chi connectivity index (χ0v) is 9.89. The summed E-state index contributed by atoms with van der Waals surface area (Å²) < 4.78 is 5.57. The van der Waals surface area contributed by atoms with Gasteiger partial charge in [-0.1, -0.05) is 18.2 Å². The summed E-state index contributed by atoms with van der Waals surface area (Å²) in [4.78, 5) is 4.36. The van der Waals surface area contributed by atoms with E-state index < -0.39 is 0 Å². The molecule has 1 aromatic carbocycles. The van der Waals surface area contributed by atoms with Gasteiger partial charge in [0.15, 0.2) is 0 Å². The van der Waals surface area contributed by atoms with Crippen molar-refractivity contribution in [1.29, 1.82) is 0 Å². The number of pyridine rings is 1. The molecule has 2 atom stereocenters. The van der Waals surface area contributed by atoms with Gasteiger partial charge in [-0.15, -0.1) is 0 Å². The largest absolute Gasteiger partial charge is 0.379 e. The molecule has 2 aromatic rings. The van der Waals surface area contributed by atoms with Gasteiger partial charge in [0.25, 0.3) is 0 Å². The van der Waals surface area contributed by atoms with E-state index in [9.17, 15) is 0 Å². The van der Waals surface area contributed by atoms with E-state index in [4.69, 9.17) is 4.74 Å². The molecule has 2 unspecified atom stereocenters. The van der Waals surface area contributed by atoms with Crippen molar-refractivity contribution in [2.75, 3.05) is 11.9 Å². The van der Waals surface area contributed by atoms with Crippen molar-refractivity contribution in [3.63, 3.8) is 0 Å². The van der Waals surface area contributed by atoms with E-state index in [0.29, 0.717) is 6.04 Å². The molecule has 0 saturated carbocycles. The van der Waals surface area contributed by atoms with Crippen LogP contribution in [0.25, 0.3) is 10.9 Å². The number of benzene rings is 1. The number of anilines is 1. The second kappa shape index (κ2) is 4.34. The topological polar surface area (TPSA) is 34.1 Å². The first-order valence-electron chi connectivity index (χ1n) is 6.06. The zero-order chi connectivity index (χ0) is 11.7.